The summed E-state index contributed by atoms with van der Waals surface area (Å²) in [6, 6.07) is 11.1. The maximum Gasteiger partial charge on any atom is 0.237 e. The van der Waals surface area contributed by atoms with Crippen LogP contribution in [0.5, 0.6) is 17.4 Å². The third kappa shape index (κ3) is 8.51. The molecule has 0 bridgehead atoms. The number of nitrogens with two attached hydrogens (primary N) is 1. The molecule has 1 fully saturated rings. The number of sulfonamides is 1. The summed E-state index contributed by atoms with van der Waals surface area (Å²) in [4.78, 5) is 11.8. The molecule has 1 saturated heterocycles. The van der Waals surface area contributed by atoms with Crippen LogP contribution in [-0.4, -0.2) is 49.7 Å². The van der Waals surface area contributed by atoms with E-state index in [2.05, 4.69) is 20.3 Å². The molecule has 1 aliphatic heterocycles. The van der Waals surface area contributed by atoms with Gasteiger partial charge in [-0.3, -0.25) is 4.72 Å². The van der Waals surface area contributed by atoms with Gasteiger partial charge in [0.2, 0.25) is 27.7 Å². The molecule has 2 aromatic heterocycles. The lowest BCUT2D eigenvalue weighted by Crippen LogP contribution is -2.30. The Labute approximate surface area is 245 Å². The van der Waals surface area contributed by atoms with Gasteiger partial charge in [-0.1, -0.05) is 12.1 Å². The quantitative estimate of drug-likeness (QED) is 0.184. The standard InChI is InChI=1S/C23H18F3N5O4S.C5H10FN/c1-34-14-6-4-13(5-7-14)12-36(32,33)31-21-16(24)11-18(19(25)20(21)26)35-22-15(3-2-9-28-22)17-8-10-29-23(27)30-17;6-5-2-1-3-7-4-5/h2-11,31H,12H2,1H3,(H2,27,29,30);5,7H,1-4H2. The minimum atomic E-state index is -4.30. The van der Waals surface area contributed by atoms with Crippen LogP contribution >= 0.6 is 0 Å². The van der Waals surface area contributed by atoms with Crippen molar-refractivity contribution in [1.29, 1.82) is 0 Å². The molecular formula is C28H28F4N6O4S. The van der Waals surface area contributed by atoms with E-state index in [1.807, 2.05) is 0 Å². The van der Waals surface area contributed by atoms with E-state index in [4.69, 9.17) is 15.2 Å². The summed E-state index contributed by atoms with van der Waals surface area (Å²) in [7, 11) is -2.86. The lowest BCUT2D eigenvalue weighted by molar-refractivity contribution is 0.266. The van der Waals surface area contributed by atoms with E-state index < -0.39 is 50.8 Å². The van der Waals surface area contributed by atoms with Crippen LogP contribution in [0.1, 0.15) is 18.4 Å². The van der Waals surface area contributed by atoms with Gasteiger partial charge in [0.25, 0.3) is 0 Å². The summed E-state index contributed by atoms with van der Waals surface area (Å²) < 4.78 is 93.5. The summed E-state index contributed by atoms with van der Waals surface area (Å²) >= 11 is 0. The highest BCUT2D eigenvalue weighted by Crippen LogP contribution is 2.35. The van der Waals surface area contributed by atoms with Crippen molar-refractivity contribution in [3.63, 3.8) is 0 Å². The van der Waals surface area contributed by atoms with Crippen molar-refractivity contribution in [1.82, 2.24) is 20.3 Å². The molecule has 2 aromatic carbocycles. The number of rotatable bonds is 8. The number of hydrogen-bond acceptors (Lipinski definition) is 9. The molecule has 0 amide bonds. The van der Waals surface area contributed by atoms with Crippen molar-refractivity contribution in [2.45, 2.75) is 24.8 Å². The highest BCUT2D eigenvalue weighted by molar-refractivity contribution is 7.91. The van der Waals surface area contributed by atoms with E-state index in [1.54, 1.807) is 10.8 Å². The number of nitrogens with one attached hydrogen (secondary N) is 2. The Bertz CT molecular complexity index is 1660. The third-order valence-electron chi connectivity index (χ3n) is 6.06. The maximum absolute atomic E-state index is 14.8. The molecule has 1 atom stereocenters. The molecular weight excluding hydrogens is 592 g/mol. The molecule has 0 radical (unpaired) electrons. The Balaban J connectivity index is 0.000000530. The molecule has 0 spiro atoms. The van der Waals surface area contributed by atoms with Crippen LogP contribution < -0.4 is 25.2 Å². The van der Waals surface area contributed by atoms with E-state index in [0.29, 0.717) is 23.9 Å². The Kier molecular flexibility index (Phi) is 10.3. The molecule has 0 aliphatic carbocycles. The average molecular weight is 621 g/mol. The van der Waals surface area contributed by atoms with Crippen LogP contribution in [0.2, 0.25) is 0 Å². The van der Waals surface area contributed by atoms with Crippen LogP contribution in [0.25, 0.3) is 11.3 Å². The topological polar surface area (TPSA) is 141 Å². The Morgan fingerprint density at radius 2 is 1.84 bits per heavy atom. The third-order valence-corrected chi connectivity index (χ3v) is 7.29. The van der Waals surface area contributed by atoms with Crippen LogP contribution in [0, 0.1) is 17.5 Å². The van der Waals surface area contributed by atoms with Crippen LogP contribution in [-0.2, 0) is 15.8 Å². The predicted molar refractivity (Wildman–Crippen MR) is 152 cm³/mol. The Morgan fingerprint density at radius 1 is 1.07 bits per heavy atom. The Hall–Kier alpha value is -4.50. The van der Waals surface area contributed by atoms with Gasteiger partial charge in [0, 0.05) is 25.0 Å². The fourth-order valence-electron chi connectivity index (χ4n) is 3.98. The van der Waals surface area contributed by atoms with E-state index in [9.17, 15) is 26.0 Å². The second-order valence-corrected chi connectivity index (χ2v) is 11.0. The first-order valence-electron chi connectivity index (χ1n) is 12.9. The van der Waals surface area contributed by atoms with Gasteiger partial charge >= 0.3 is 0 Å². The number of methoxy groups -OCH3 is 1. The molecule has 4 aromatic rings. The van der Waals surface area contributed by atoms with Crippen molar-refractivity contribution in [3.8, 4) is 28.6 Å². The highest BCUT2D eigenvalue weighted by Gasteiger charge is 2.25. The normalized spacial score (nSPS) is 14.8. The van der Waals surface area contributed by atoms with E-state index in [1.165, 1.54) is 55.9 Å². The maximum atomic E-state index is 14.8. The molecule has 10 nitrogen and oxygen atoms in total. The molecule has 3 heterocycles. The molecule has 1 aliphatic rings. The van der Waals surface area contributed by atoms with Crippen molar-refractivity contribution in [3.05, 3.63) is 83.9 Å². The highest BCUT2D eigenvalue weighted by atomic mass is 32.2. The van der Waals surface area contributed by atoms with E-state index in [-0.39, 0.29) is 23.1 Å². The van der Waals surface area contributed by atoms with Gasteiger partial charge in [0.05, 0.1) is 24.1 Å². The summed E-state index contributed by atoms with van der Waals surface area (Å²) in [5, 5.41) is 2.96. The molecule has 43 heavy (non-hydrogen) atoms. The van der Waals surface area contributed by atoms with Gasteiger partial charge in [0.1, 0.15) is 17.6 Å². The molecule has 5 rings (SSSR count). The second-order valence-electron chi connectivity index (χ2n) is 9.27. The first-order valence-corrected chi connectivity index (χ1v) is 14.6. The lowest BCUT2D eigenvalue weighted by Gasteiger charge is -2.14. The number of aromatic nitrogens is 3. The number of pyridine rings is 1. The van der Waals surface area contributed by atoms with E-state index in [0.717, 1.165) is 19.4 Å². The first-order chi connectivity index (χ1) is 20.6. The zero-order valence-corrected chi connectivity index (χ0v) is 23.7. The van der Waals surface area contributed by atoms with Crippen molar-refractivity contribution in [2.24, 2.45) is 0 Å². The van der Waals surface area contributed by atoms with Crippen LogP contribution in [0.15, 0.2) is 60.9 Å². The number of nitrogen functional groups attached to an aromatic ring is 1. The molecule has 1 unspecified atom stereocenters. The SMILES string of the molecule is COc1ccc(CS(=O)(=O)Nc2c(F)cc(Oc3ncccc3-c3ccnc(N)n3)c(F)c2F)cc1.FC1CCCNC1. The number of benzene rings is 2. The number of hydrogen-bond donors (Lipinski definition) is 3. The van der Waals surface area contributed by atoms with Gasteiger partial charge < -0.3 is 20.5 Å². The van der Waals surface area contributed by atoms with Crippen molar-refractivity contribution in [2.75, 3.05) is 30.7 Å². The number of alkyl halides is 1. The number of piperidine rings is 1. The number of halogens is 4. The van der Waals surface area contributed by atoms with Crippen LogP contribution in [0.4, 0.5) is 29.2 Å². The minimum absolute atomic E-state index is 0.0446. The minimum Gasteiger partial charge on any atom is -0.497 e. The summed E-state index contributed by atoms with van der Waals surface area (Å²) in [6.45, 7) is 1.57. The Morgan fingerprint density at radius 3 is 2.47 bits per heavy atom. The average Bonchev–Trinajstić information content (AvgIpc) is 2.99. The van der Waals surface area contributed by atoms with Gasteiger partial charge in [-0.15, -0.1) is 0 Å². The van der Waals surface area contributed by atoms with Gasteiger partial charge in [-0.05, 0) is 55.3 Å². The molecule has 228 valence electrons. The molecule has 4 N–H and O–H groups in total. The summed E-state index contributed by atoms with van der Waals surface area (Å²) in [5.74, 6) is -6.05. The second kappa shape index (κ2) is 14.1. The zero-order chi connectivity index (χ0) is 31.0. The van der Waals surface area contributed by atoms with Crippen molar-refractivity contribution < 1.29 is 35.5 Å². The largest absolute Gasteiger partial charge is 0.497 e. The zero-order valence-electron chi connectivity index (χ0n) is 22.9. The fraction of sp³-hybridized carbons (Fsp3) is 0.250. The first kappa shape index (κ1) is 31.4. The van der Waals surface area contributed by atoms with Crippen molar-refractivity contribution >= 4 is 21.7 Å². The monoisotopic (exact) mass is 620 g/mol. The van der Waals surface area contributed by atoms with Gasteiger partial charge in [-0.2, -0.15) is 4.39 Å². The number of ether oxygens (including phenoxy) is 2. The molecule has 15 heteroatoms. The van der Waals surface area contributed by atoms with Crippen LogP contribution in [0.3, 0.4) is 0 Å². The molecule has 0 saturated carbocycles. The summed E-state index contributed by atoms with van der Waals surface area (Å²) in [6.07, 6.45) is 3.87. The predicted octanol–water partition coefficient (Wildman–Crippen LogP) is 4.99. The smallest absolute Gasteiger partial charge is 0.237 e. The van der Waals surface area contributed by atoms with Gasteiger partial charge in [0.15, 0.2) is 17.4 Å². The lowest BCUT2D eigenvalue weighted by atomic mass is 10.1. The number of anilines is 2. The van der Waals surface area contributed by atoms with E-state index >= 15 is 0 Å². The number of nitrogens with zero attached hydrogens (tertiary/aromatic N) is 3. The van der Waals surface area contributed by atoms with Gasteiger partial charge in [-0.25, -0.2) is 36.5 Å². The summed E-state index contributed by atoms with van der Waals surface area (Å²) in [5.41, 5.74) is 5.24. The fourth-order valence-corrected chi connectivity index (χ4v) is 5.18.